The summed E-state index contributed by atoms with van der Waals surface area (Å²) in [7, 11) is 0. The monoisotopic (exact) mass is 226 g/mol. The Labute approximate surface area is 102 Å². The van der Waals surface area contributed by atoms with E-state index in [0.29, 0.717) is 5.92 Å². The molecule has 1 saturated carbocycles. The predicted octanol–water partition coefficient (Wildman–Crippen LogP) is 4.53. The second-order valence-corrected chi connectivity index (χ2v) is 5.59. The van der Waals surface area contributed by atoms with E-state index < -0.39 is 0 Å². The van der Waals surface area contributed by atoms with E-state index in [1.165, 1.54) is 57.8 Å². The topological polar surface area (TPSA) is 20.2 Å². The van der Waals surface area contributed by atoms with Crippen LogP contribution in [0, 0.1) is 11.8 Å². The van der Waals surface area contributed by atoms with Crippen LogP contribution >= 0.6 is 0 Å². The highest BCUT2D eigenvalue weighted by Gasteiger charge is 2.22. The van der Waals surface area contributed by atoms with Gasteiger partial charge in [-0.25, -0.2) is 0 Å². The fourth-order valence-electron chi connectivity index (χ4n) is 3.03. The summed E-state index contributed by atoms with van der Waals surface area (Å²) in [5.74, 6) is 1.33. The second-order valence-electron chi connectivity index (χ2n) is 5.59. The first-order valence-corrected chi connectivity index (χ1v) is 7.46. The fraction of sp³-hybridized carbons (Fsp3) is 1.00. The van der Waals surface area contributed by atoms with Gasteiger partial charge in [-0.2, -0.15) is 0 Å². The van der Waals surface area contributed by atoms with Crippen molar-refractivity contribution in [1.82, 2.24) is 0 Å². The Balaban J connectivity index is 2.34. The normalized spacial score (nSPS) is 21.8. The Morgan fingerprint density at radius 2 is 1.44 bits per heavy atom. The van der Waals surface area contributed by atoms with Crippen molar-refractivity contribution in [2.75, 3.05) is 0 Å². The van der Waals surface area contributed by atoms with E-state index in [0.717, 1.165) is 12.3 Å². The number of aliphatic hydroxyl groups excluding tert-OH is 1. The molecular weight excluding hydrogens is 196 g/mol. The van der Waals surface area contributed by atoms with Crippen LogP contribution in [-0.4, -0.2) is 11.2 Å². The van der Waals surface area contributed by atoms with Gasteiger partial charge in [0.25, 0.3) is 0 Å². The minimum atomic E-state index is -0.0250. The van der Waals surface area contributed by atoms with Gasteiger partial charge < -0.3 is 5.11 Å². The zero-order chi connectivity index (χ0) is 11.8. The average Bonchev–Trinajstić information content (AvgIpc) is 2.25. The van der Waals surface area contributed by atoms with Crippen LogP contribution in [0.5, 0.6) is 0 Å². The maximum Gasteiger partial charge on any atom is 0.0571 e. The molecule has 1 unspecified atom stereocenters. The Kier molecular flexibility index (Phi) is 7.11. The van der Waals surface area contributed by atoms with Crippen LogP contribution in [0.2, 0.25) is 0 Å². The molecule has 1 heteroatoms. The van der Waals surface area contributed by atoms with E-state index in [4.69, 9.17) is 0 Å². The Hall–Kier alpha value is -0.0400. The molecule has 16 heavy (non-hydrogen) atoms. The maximum atomic E-state index is 10.3. The summed E-state index contributed by atoms with van der Waals surface area (Å²) in [4.78, 5) is 0. The first-order chi connectivity index (χ1) is 7.77. The number of hydrogen-bond acceptors (Lipinski definition) is 1. The van der Waals surface area contributed by atoms with Gasteiger partial charge in [0.2, 0.25) is 0 Å². The van der Waals surface area contributed by atoms with Crippen molar-refractivity contribution < 1.29 is 5.11 Å². The summed E-state index contributed by atoms with van der Waals surface area (Å²) >= 11 is 0. The summed E-state index contributed by atoms with van der Waals surface area (Å²) in [5, 5.41) is 10.3. The molecule has 1 N–H and O–H groups in total. The summed E-state index contributed by atoms with van der Waals surface area (Å²) in [5.41, 5.74) is 0. The molecule has 1 aliphatic carbocycles. The molecule has 1 atom stereocenters. The molecule has 1 rings (SSSR count). The minimum absolute atomic E-state index is 0.0250. The van der Waals surface area contributed by atoms with Crippen molar-refractivity contribution in [3.8, 4) is 0 Å². The molecule has 0 aliphatic heterocycles. The van der Waals surface area contributed by atoms with E-state index in [-0.39, 0.29) is 6.10 Å². The highest BCUT2D eigenvalue weighted by molar-refractivity contribution is 4.74. The molecule has 0 amide bonds. The van der Waals surface area contributed by atoms with Gasteiger partial charge in [-0.15, -0.1) is 0 Å². The second kappa shape index (κ2) is 8.11. The SMILES string of the molecule is CCC(CC)CC(O)C1CCCCCCC1. The molecule has 1 aliphatic rings. The summed E-state index contributed by atoms with van der Waals surface area (Å²) < 4.78 is 0. The lowest BCUT2D eigenvalue weighted by atomic mass is 9.82. The molecule has 1 nitrogen and oxygen atoms in total. The number of hydrogen-bond donors (Lipinski definition) is 1. The zero-order valence-electron chi connectivity index (χ0n) is 11.3. The largest absolute Gasteiger partial charge is 0.393 e. The first kappa shape index (κ1) is 14.0. The van der Waals surface area contributed by atoms with E-state index in [2.05, 4.69) is 13.8 Å². The molecule has 0 aromatic heterocycles. The van der Waals surface area contributed by atoms with Crippen molar-refractivity contribution >= 4 is 0 Å². The van der Waals surface area contributed by atoms with E-state index in [1.807, 2.05) is 0 Å². The molecule has 0 bridgehead atoms. The third-order valence-electron chi connectivity index (χ3n) is 4.42. The van der Waals surface area contributed by atoms with Gasteiger partial charge in [0, 0.05) is 0 Å². The smallest absolute Gasteiger partial charge is 0.0571 e. The van der Waals surface area contributed by atoms with Crippen molar-refractivity contribution in [2.45, 2.75) is 84.2 Å². The van der Waals surface area contributed by atoms with Crippen LogP contribution in [0.3, 0.4) is 0 Å². The lowest BCUT2D eigenvalue weighted by molar-refractivity contribution is 0.0662. The van der Waals surface area contributed by atoms with E-state index in [9.17, 15) is 5.11 Å². The van der Waals surface area contributed by atoms with Crippen LogP contribution in [0.25, 0.3) is 0 Å². The molecule has 0 heterocycles. The molecule has 0 aromatic carbocycles. The van der Waals surface area contributed by atoms with Gasteiger partial charge in [-0.3, -0.25) is 0 Å². The summed E-state index contributed by atoms with van der Waals surface area (Å²) in [6.07, 6.45) is 12.8. The average molecular weight is 226 g/mol. The Morgan fingerprint density at radius 1 is 0.938 bits per heavy atom. The quantitative estimate of drug-likeness (QED) is 0.730. The molecule has 0 saturated heterocycles. The van der Waals surface area contributed by atoms with Crippen LogP contribution < -0.4 is 0 Å². The third kappa shape index (κ3) is 4.86. The highest BCUT2D eigenvalue weighted by atomic mass is 16.3. The van der Waals surface area contributed by atoms with Gasteiger partial charge in [0.05, 0.1) is 6.10 Å². The van der Waals surface area contributed by atoms with Crippen LogP contribution in [-0.2, 0) is 0 Å². The van der Waals surface area contributed by atoms with Crippen LogP contribution in [0.1, 0.15) is 78.1 Å². The number of aliphatic hydroxyl groups is 1. The zero-order valence-corrected chi connectivity index (χ0v) is 11.3. The van der Waals surface area contributed by atoms with Gasteiger partial charge in [0.15, 0.2) is 0 Å². The van der Waals surface area contributed by atoms with E-state index in [1.54, 1.807) is 0 Å². The van der Waals surface area contributed by atoms with Crippen molar-refractivity contribution in [3.63, 3.8) is 0 Å². The lowest BCUT2D eigenvalue weighted by Gasteiger charge is -2.27. The van der Waals surface area contributed by atoms with Crippen molar-refractivity contribution in [1.29, 1.82) is 0 Å². The molecule has 0 radical (unpaired) electrons. The van der Waals surface area contributed by atoms with Crippen LogP contribution in [0.4, 0.5) is 0 Å². The third-order valence-corrected chi connectivity index (χ3v) is 4.42. The van der Waals surface area contributed by atoms with Gasteiger partial charge in [0.1, 0.15) is 0 Å². The first-order valence-electron chi connectivity index (χ1n) is 7.46. The molecule has 0 aromatic rings. The summed E-state index contributed by atoms with van der Waals surface area (Å²) in [6.45, 7) is 4.50. The Bertz CT molecular complexity index is 155. The predicted molar refractivity (Wildman–Crippen MR) is 70.5 cm³/mol. The fourth-order valence-corrected chi connectivity index (χ4v) is 3.03. The Morgan fingerprint density at radius 3 is 1.94 bits per heavy atom. The van der Waals surface area contributed by atoms with Gasteiger partial charge in [-0.1, -0.05) is 58.8 Å². The molecular formula is C15H30O. The molecule has 1 fully saturated rings. The summed E-state index contributed by atoms with van der Waals surface area (Å²) in [6, 6.07) is 0. The van der Waals surface area contributed by atoms with Crippen molar-refractivity contribution in [3.05, 3.63) is 0 Å². The lowest BCUT2D eigenvalue weighted by Crippen LogP contribution is -2.24. The minimum Gasteiger partial charge on any atom is -0.393 e. The molecule has 96 valence electrons. The number of rotatable bonds is 5. The highest BCUT2D eigenvalue weighted by Crippen LogP contribution is 2.28. The maximum absolute atomic E-state index is 10.3. The van der Waals surface area contributed by atoms with Crippen molar-refractivity contribution in [2.24, 2.45) is 11.8 Å². The standard InChI is InChI=1S/C15H30O/c1-3-13(4-2)12-15(16)14-10-8-6-5-7-9-11-14/h13-16H,3-12H2,1-2H3. The van der Waals surface area contributed by atoms with Gasteiger partial charge >= 0.3 is 0 Å². The van der Waals surface area contributed by atoms with E-state index >= 15 is 0 Å². The molecule has 0 spiro atoms. The van der Waals surface area contributed by atoms with Crippen LogP contribution in [0.15, 0.2) is 0 Å². The van der Waals surface area contributed by atoms with Gasteiger partial charge in [-0.05, 0) is 31.1 Å².